The molecule has 1 aromatic heterocycles. The molecule has 1 aliphatic rings. The van der Waals surface area contributed by atoms with E-state index in [4.69, 9.17) is 0 Å². The normalized spacial score (nSPS) is 18.0. The smallest absolute Gasteiger partial charge is 0.317 e. The lowest BCUT2D eigenvalue weighted by molar-refractivity contribution is 0.0842. The van der Waals surface area contributed by atoms with Crippen LogP contribution in [-0.4, -0.2) is 50.0 Å². The van der Waals surface area contributed by atoms with Gasteiger partial charge in [0.1, 0.15) is 12.7 Å². The Morgan fingerprint density at radius 3 is 2.78 bits per heavy atom. The molecule has 1 fully saturated rings. The summed E-state index contributed by atoms with van der Waals surface area (Å²) < 4.78 is 1.76. The highest BCUT2D eigenvalue weighted by molar-refractivity contribution is 5.74. The van der Waals surface area contributed by atoms with Gasteiger partial charge in [0.05, 0.1) is 12.6 Å². The molecule has 1 aromatic carbocycles. The van der Waals surface area contributed by atoms with Crippen molar-refractivity contribution in [1.29, 1.82) is 0 Å². The molecule has 23 heavy (non-hydrogen) atoms. The molecule has 3 rings (SSSR count). The Hall–Kier alpha value is -2.41. The van der Waals surface area contributed by atoms with Crippen LogP contribution in [0.2, 0.25) is 0 Å². The van der Waals surface area contributed by atoms with E-state index in [0.29, 0.717) is 26.2 Å². The van der Waals surface area contributed by atoms with E-state index >= 15 is 0 Å². The van der Waals surface area contributed by atoms with Crippen LogP contribution >= 0.6 is 0 Å². The molecule has 0 saturated carbocycles. The number of rotatable bonds is 4. The Kier molecular flexibility index (Phi) is 4.87. The van der Waals surface area contributed by atoms with Crippen LogP contribution in [0, 0.1) is 0 Å². The number of likely N-dealkylation sites (tertiary alicyclic amines) is 1. The number of nitrogens with one attached hydrogen (secondary N) is 1. The number of amides is 2. The van der Waals surface area contributed by atoms with Crippen molar-refractivity contribution in [3.63, 3.8) is 0 Å². The van der Waals surface area contributed by atoms with Crippen LogP contribution in [0.3, 0.4) is 0 Å². The van der Waals surface area contributed by atoms with Crippen LogP contribution < -0.4 is 5.32 Å². The minimum Gasteiger partial charge on any atom is -0.391 e. The van der Waals surface area contributed by atoms with Gasteiger partial charge in [-0.15, -0.1) is 0 Å². The fraction of sp³-hybridized carbons (Fsp3) is 0.438. The van der Waals surface area contributed by atoms with Crippen molar-refractivity contribution in [2.24, 2.45) is 0 Å². The fourth-order valence-corrected chi connectivity index (χ4v) is 2.69. The van der Waals surface area contributed by atoms with Gasteiger partial charge in [-0.1, -0.05) is 24.3 Å². The summed E-state index contributed by atoms with van der Waals surface area (Å²) in [5, 5.41) is 16.6. The number of piperidine rings is 1. The van der Waals surface area contributed by atoms with Gasteiger partial charge in [-0.05, 0) is 24.0 Å². The molecule has 0 spiro atoms. The standard InChI is InChI=1S/C16H21N5O2/c22-15-2-1-7-20(10-15)16(23)18-8-13-3-5-14(6-4-13)9-21-12-17-11-19-21/h3-6,11-12,15,22H,1-2,7-10H2,(H,18,23). The Labute approximate surface area is 134 Å². The zero-order valence-electron chi connectivity index (χ0n) is 12.9. The summed E-state index contributed by atoms with van der Waals surface area (Å²) in [4.78, 5) is 17.7. The second-order valence-corrected chi connectivity index (χ2v) is 5.81. The molecule has 0 aliphatic carbocycles. The van der Waals surface area contributed by atoms with Crippen molar-refractivity contribution in [1.82, 2.24) is 25.0 Å². The Bertz CT molecular complexity index is 626. The summed E-state index contributed by atoms with van der Waals surface area (Å²) in [6.07, 6.45) is 4.43. The van der Waals surface area contributed by atoms with Gasteiger partial charge in [0.2, 0.25) is 0 Å². The predicted molar refractivity (Wildman–Crippen MR) is 84.6 cm³/mol. The first-order valence-corrected chi connectivity index (χ1v) is 7.82. The molecule has 2 aromatic rings. The molecule has 1 atom stereocenters. The molecule has 0 radical (unpaired) electrons. The quantitative estimate of drug-likeness (QED) is 0.881. The first kappa shape index (κ1) is 15.5. The van der Waals surface area contributed by atoms with Gasteiger partial charge in [0, 0.05) is 19.6 Å². The molecule has 2 N–H and O–H groups in total. The maximum Gasteiger partial charge on any atom is 0.317 e. The molecule has 1 unspecified atom stereocenters. The molecule has 0 bridgehead atoms. The largest absolute Gasteiger partial charge is 0.391 e. The second kappa shape index (κ2) is 7.23. The van der Waals surface area contributed by atoms with Crippen LogP contribution in [-0.2, 0) is 13.1 Å². The van der Waals surface area contributed by atoms with Crippen LogP contribution in [0.15, 0.2) is 36.9 Å². The Balaban J connectivity index is 1.49. The average Bonchev–Trinajstić information content (AvgIpc) is 3.07. The van der Waals surface area contributed by atoms with E-state index < -0.39 is 6.10 Å². The summed E-state index contributed by atoms with van der Waals surface area (Å²) in [5.41, 5.74) is 2.17. The third-order valence-electron chi connectivity index (χ3n) is 3.96. The molecule has 7 nitrogen and oxygen atoms in total. The van der Waals surface area contributed by atoms with Gasteiger partial charge in [-0.2, -0.15) is 5.10 Å². The topological polar surface area (TPSA) is 83.3 Å². The Morgan fingerprint density at radius 2 is 2.09 bits per heavy atom. The van der Waals surface area contributed by atoms with Gasteiger partial charge in [-0.3, -0.25) is 0 Å². The van der Waals surface area contributed by atoms with Crippen LogP contribution in [0.4, 0.5) is 4.79 Å². The molecule has 122 valence electrons. The van der Waals surface area contributed by atoms with Crippen molar-refractivity contribution >= 4 is 6.03 Å². The average molecular weight is 315 g/mol. The first-order valence-electron chi connectivity index (χ1n) is 7.82. The first-order chi connectivity index (χ1) is 11.2. The van der Waals surface area contributed by atoms with Crippen molar-refractivity contribution in [2.75, 3.05) is 13.1 Å². The zero-order valence-corrected chi connectivity index (χ0v) is 12.9. The third-order valence-corrected chi connectivity index (χ3v) is 3.96. The molecule has 1 aliphatic heterocycles. The van der Waals surface area contributed by atoms with Crippen molar-refractivity contribution in [2.45, 2.75) is 32.0 Å². The number of aliphatic hydroxyl groups is 1. The number of β-amino-alcohol motifs (C(OH)–C–C–N with tert-alkyl or cyclic N) is 1. The SMILES string of the molecule is O=C(NCc1ccc(Cn2cncn2)cc1)N1CCCC(O)C1. The summed E-state index contributed by atoms with van der Waals surface area (Å²) in [6.45, 7) is 2.29. The summed E-state index contributed by atoms with van der Waals surface area (Å²) in [5.74, 6) is 0. The second-order valence-electron chi connectivity index (χ2n) is 5.81. The molecular formula is C16H21N5O2. The van der Waals surface area contributed by atoms with Crippen molar-refractivity contribution in [3.8, 4) is 0 Å². The highest BCUT2D eigenvalue weighted by Crippen LogP contribution is 2.10. The molecule has 7 heteroatoms. The minimum absolute atomic E-state index is 0.115. The van der Waals surface area contributed by atoms with Gasteiger partial charge >= 0.3 is 6.03 Å². The number of nitrogens with zero attached hydrogens (tertiary/aromatic N) is 4. The molecule has 2 amide bonds. The third kappa shape index (κ3) is 4.29. The van der Waals surface area contributed by atoms with Crippen LogP contribution in [0.25, 0.3) is 0 Å². The van der Waals surface area contributed by atoms with E-state index in [2.05, 4.69) is 15.4 Å². The van der Waals surface area contributed by atoms with Gasteiger partial charge in [0.15, 0.2) is 0 Å². The maximum atomic E-state index is 12.1. The van der Waals surface area contributed by atoms with Crippen molar-refractivity contribution < 1.29 is 9.90 Å². The lowest BCUT2D eigenvalue weighted by atomic mass is 10.1. The summed E-state index contributed by atoms with van der Waals surface area (Å²) in [6, 6.07) is 7.92. The number of aromatic nitrogens is 3. The zero-order chi connectivity index (χ0) is 16.1. The van der Waals surface area contributed by atoms with Crippen molar-refractivity contribution in [3.05, 3.63) is 48.0 Å². The van der Waals surface area contributed by atoms with E-state index in [1.807, 2.05) is 24.3 Å². The van der Waals surface area contributed by atoms with E-state index in [1.165, 1.54) is 6.33 Å². The number of benzene rings is 1. The van der Waals surface area contributed by atoms with Crippen LogP contribution in [0.1, 0.15) is 24.0 Å². The lowest BCUT2D eigenvalue weighted by Crippen LogP contribution is -2.46. The van der Waals surface area contributed by atoms with Crippen LogP contribution in [0.5, 0.6) is 0 Å². The Morgan fingerprint density at radius 1 is 1.30 bits per heavy atom. The molecule has 1 saturated heterocycles. The van der Waals surface area contributed by atoms with Gasteiger partial charge in [0.25, 0.3) is 0 Å². The number of carbonyl (C=O) groups excluding carboxylic acids is 1. The maximum absolute atomic E-state index is 12.1. The van der Waals surface area contributed by atoms with E-state index in [9.17, 15) is 9.90 Å². The minimum atomic E-state index is -0.398. The highest BCUT2D eigenvalue weighted by atomic mass is 16.3. The van der Waals surface area contributed by atoms with Gasteiger partial charge in [-0.25, -0.2) is 14.5 Å². The van der Waals surface area contributed by atoms with E-state index in [-0.39, 0.29) is 6.03 Å². The number of carbonyl (C=O) groups is 1. The fourth-order valence-electron chi connectivity index (χ4n) is 2.69. The number of aliphatic hydroxyl groups excluding tert-OH is 1. The number of hydrogen-bond acceptors (Lipinski definition) is 4. The van der Waals surface area contributed by atoms with E-state index in [0.717, 1.165) is 24.0 Å². The summed E-state index contributed by atoms with van der Waals surface area (Å²) >= 11 is 0. The highest BCUT2D eigenvalue weighted by Gasteiger charge is 2.21. The van der Waals surface area contributed by atoms with Gasteiger partial charge < -0.3 is 15.3 Å². The summed E-state index contributed by atoms with van der Waals surface area (Å²) in [7, 11) is 0. The predicted octanol–water partition coefficient (Wildman–Crippen LogP) is 0.993. The molecule has 2 heterocycles. The number of urea groups is 1. The van der Waals surface area contributed by atoms with E-state index in [1.54, 1.807) is 15.9 Å². The number of hydrogen-bond donors (Lipinski definition) is 2. The monoisotopic (exact) mass is 315 g/mol. The lowest BCUT2D eigenvalue weighted by Gasteiger charge is -2.30. The molecular weight excluding hydrogens is 294 g/mol.